The van der Waals surface area contributed by atoms with Crippen molar-refractivity contribution in [2.75, 3.05) is 19.8 Å². The molecule has 11 unspecified atom stereocenters. The van der Waals surface area contributed by atoms with E-state index in [0.29, 0.717) is 38.2 Å². The van der Waals surface area contributed by atoms with E-state index in [9.17, 15) is 46.0 Å². The maximum atomic E-state index is 11.3. The Morgan fingerprint density at radius 2 is 1.26 bits per heavy atom. The van der Waals surface area contributed by atoms with Gasteiger partial charge in [0.1, 0.15) is 54.9 Å². The van der Waals surface area contributed by atoms with Gasteiger partial charge < -0.3 is 74.4 Å². The third kappa shape index (κ3) is 6.09. The first kappa shape index (κ1) is 40.2. The van der Waals surface area contributed by atoms with E-state index >= 15 is 0 Å². The summed E-state index contributed by atoms with van der Waals surface area (Å²) >= 11 is 0. The molecule has 8 aliphatic rings. The van der Waals surface area contributed by atoms with Crippen LogP contribution < -0.4 is 0 Å². The van der Waals surface area contributed by atoms with Crippen molar-refractivity contribution < 1.29 is 74.4 Å². The van der Waals surface area contributed by atoms with Crippen LogP contribution in [0.1, 0.15) is 79.1 Å². The molecule has 4 saturated carbocycles. The maximum absolute atomic E-state index is 11.3. The van der Waals surface area contributed by atoms with E-state index in [1.807, 2.05) is 0 Å². The van der Waals surface area contributed by atoms with Crippen LogP contribution in [-0.2, 0) is 28.4 Å². The molecule has 4 heterocycles. The van der Waals surface area contributed by atoms with Gasteiger partial charge in [0.25, 0.3) is 0 Å². The number of ether oxygens (including phenoxy) is 6. The van der Waals surface area contributed by atoms with Crippen LogP contribution in [0.2, 0.25) is 0 Å². The second kappa shape index (κ2) is 14.6. The molecule has 0 amide bonds. The van der Waals surface area contributed by atoms with Crippen LogP contribution in [0.3, 0.4) is 0 Å². The van der Waals surface area contributed by atoms with Crippen LogP contribution >= 0.6 is 0 Å². The lowest BCUT2D eigenvalue weighted by Gasteiger charge is -2.63. The van der Waals surface area contributed by atoms with Gasteiger partial charge >= 0.3 is 0 Å². The second-order valence-corrected chi connectivity index (χ2v) is 19.0. The first-order chi connectivity index (χ1) is 25.6. The van der Waals surface area contributed by atoms with Gasteiger partial charge in [0.15, 0.2) is 18.4 Å². The fourth-order valence-corrected chi connectivity index (χ4v) is 13.4. The Morgan fingerprint density at radius 1 is 0.648 bits per heavy atom. The van der Waals surface area contributed by atoms with Crippen LogP contribution in [0.25, 0.3) is 0 Å². The van der Waals surface area contributed by atoms with Gasteiger partial charge in [0.05, 0.1) is 38.1 Å². The average Bonchev–Trinajstić information content (AvgIpc) is 3.60. The van der Waals surface area contributed by atoms with Gasteiger partial charge in [-0.3, -0.25) is 0 Å². The van der Waals surface area contributed by atoms with Crippen LogP contribution in [0.15, 0.2) is 0 Å². The summed E-state index contributed by atoms with van der Waals surface area (Å²) in [4.78, 5) is 0. The monoisotopic (exact) mass is 772 g/mol. The normalized spacial score (nSPS) is 60.1. The van der Waals surface area contributed by atoms with E-state index in [-0.39, 0.29) is 52.4 Å². The van der Waals surface area contributed by atoms with Crippen molar-refractivity contribution >= 4 is 0 Å². The van der Waals surface area contributed by atoms with E-state index in [4.69, 9.17) is 28.4 Å². The lowest BCUT2D eigenvalue weighted by molar-refractivity contribution is -0.335. The quantitative estimate of drug-likeness (QED) is 0.153. The Morgan fingerprint density at radius 3 is 1.87 bits per heavy atom. The van der Waals surface area contributed by atoms with Crippen LogP contribution in [0, 0.1) is 52.3 Å². The van der Waals surface area contributed by atoms with Crippen molar-refractivity contribution in [1.29, 1.82) is 0 Å². The predicted molar refractivity (Wildman–Crippen MR) is 186 cm³/mol. The number of aliphatic hydroxyl groups excluding tert-OH is 9. The fraction of sp³-hybridized carbons (Fsp3) is 1.00. The average molecular weight is 773 g/mol. The fourth-order valence-electron chi connectivity index (χ4n) is 13.4. The third-order valence-electron chi connectivity index (χ3n) is 16.2. The zero-order chi connectivity index (χ0) is 38.6. The highest BCUT2D eigenvalue weighted by Crippen LogP contribution is 2.71. The number of hydrogen-bond donors (Lipinski definition) is 9. The Balaban J connectivity index is 1.07. The van der Waals surface area contributed by atoms with E-state index in [0.717, 1.165) is 25.7 Å². The summed E-state index contributed by atoms with van der Waals surface area (Å²) in [6, 6.07) is 0. The molecule has 15 nitrogen and oxygen atoms in total. The molecule has 0 aromatic carbocycles. The largest absolute Gasteiger partial charge is 0.394 e. The highest BCUT2D eigenvalue weighted by Gasteiger charge is 2.71. The Hall–Kier alpha value is -0.600. The molecule has 0 bridgehead atoms. The first-order valence-electron chi connectivity index (χ1n) is 20.5. The van der Waals surface area contributed by atoms with E-state index < -0.39 is 98.7 Å². The first-order valence-corrected chi connectivity index (χ1v) is 20.5. The summed E-state index contributed by atoms with van der Waals surface area (Å²) in [7, 11) is 0. The molecule has 8 fully saturated rings. The summed E-state index contributed by atoms with van der Waals surface area (Å²) < 4.78 is 37.9. The van der Waals surface area contributed by atoms with Crippen molar-refractivity contribution in [3.05, 3.63) is 0 Å². The molecule has 1 spiro atoms. The van der Waals surface area contributed by atoms with Gasteiger partial charge in [-0.25, -0.2) is 0 Å². The van der Waals surface area contributed by atoms with Gasteiger partial charge in [0.2, 0.25) is 0 Å². The number of hydrogen-bond acceptors (Lipinski definition) is 15. The Kier molecular flexibility index (Phi) is 10.9. The van der Waals surface area contributed by atoms with Crippen molar-refractivity contribution in [2.45, 2.75) is 171 Å². The minimum absolute atomic E-state index is 0.000329. The van der Waals surface area contributed by atoms with E-state index in [1.54, 1.807) is 0 Å². The maximum Gasteiger partial charge on any atom is 0.197 e. The van der Waals surface area contributed by atoms with E-state index in [2.05, 4.69) is 27.7 Å². The topological polar surface area (TPSA) is 237 Å². The van der Waals surface area contributed by atoms with Crippen molar-refractivity contribution in [1.82, 2.24) is 0 Å². The summed E-state index contributed by atoms with van der Waals surface area (Å²) in [6.45, 7) is 8.39. The van der Waals surface area contributed by atoms with Gasteiger partial charge in [-0.1, -0.05) is 27.7 Å². The molecule has 9 N–H and O–H groups in total. The molecule has 0 radical (unpaired) electrons. The SMILES string of the molecule is C[C@H]1COC2(OC3CC4C5C[C@H](O[C@@H]6OC(CO)[C@@H](O)C(O)[C@@H]6O)C6C[C@@H](O[C@@H]7OC(CO)[C@@H](O)C(O)[C@@H]7O)CC[C@]6(C)C5CC[C@]4(C)C3[C@@H]2C)[C@@H](O)C1. The molecule has 15 heteroatoms. The molecule has 0 aromatic rings. The molecule has 4 aliphatic carbocycles. The number of rotatable bonds is 6. The molecule has 8 rings (SSSR count). The molecule has 0 aromatic heterocycles. The van der Waals surface area contributed by atoms with Gasteiger partial charge in [-0.05, 0) is 97.7 Å². The molecule has 310 valence electrons. The van der Waals surface area contributed by atoms with Crippen molar-refractivity contribution in [3.63, 3.8) is 0 Å². The molecule has 4 aliphatic heterocycles. The molecular formula is C39H64O15. The number of aliphatic hydroxyl groups is 9. The second-order valence-electron chi connectivity index (χ2n) is 19.0. The van der Waals surface area contributed by atoms with Gasteiger partial charge in [0, 0.05) is 5.92 Å². The Labute approximate surface area is 316 Å². The number of fused-ring (bicyclic) bond motifs is 7. The van der Waals surface area contributed by atoms with Crippen LogP contribution in [0.5, 0.6) is 0 Å². The summed E-state index contributed by atoms with van der Waals surface area (Å²) in [5.74, 6) is 0.156. The Bertz CT molecular complexity index is 1340. The standard InChI is InChI=1S/C39H64O15/c1-16-9-27(42)39(49-15-16)17(2)28-24(54-39)12-21-19-11-23(51-36-34(48)32(46)30(44)26(14-41)53-36)22-10-18(5-7-37(22,3)20(19)6-8-38(21,28)4)50-35-33(47)31(45)29(43)25(13-40)52-35/h16-36,40-48H,5-15H2,1-4H3/t16-,17+,18+,19?,20?,21?,22?,23+,24?,25?,26?,27+,28?,29-,30-,31?,32?,33+,34+,35-,36-,37-,38+,39?/m1/s1. The van der Waals surface area contributed by atoms with Crippen molar-refractivity contribution in [3.8, 4) is 0 Å². The minimum atomic E-state index is -1.59. The van der Waals surface area contributed by atoms with Crippen molar-refractivity contribution in [2.24, 2.45) is 52.3 Å². The van der Waals surface area contributed by atoms with Gasteiger partial charge in [-0.15, -0.1) is 0 Å². The predicted octanol–water partition coefficient (Wildman–Crippen LogP) is -0.616. The zero-order valence-corrected chi connectivity index (χ0v) is 31.9. The highest BCUT2D eigenvalue weighted by atomic mass is 16.7. The molecular weight excluding hydrogens is 708 g/mol. The highest BCUT2D eigenvalue weighted by molar-refractivity contribution is 5.17. The lowest BCUT2D eigenvalue weighted by atomic mass is 9.43. The lowest BCUT2D eigenvalue weighted by Crippen LogP contribution is -2.63. The van der Waals surface area contributed by atoms with Gasteiger partial charge in [-0.2, -0.15) is 0 Å². The van der Waals surface area contributed by atoms with Crippen LogP contribution in [0.4, 0.5) is 0 Å². The summed E-state index contributed by atoms with van der Waals surface area (Å²) in [5, 5.41) is 94.9. The molecule has 24 atom stereocenters. The van der Waals surface area contributed by atoms with Crippen LogP contribution in [-0.4, -0.2) is 157 Å². The minimum Gasteiger partial charge on any atom is -0.394 e. The smallest absolute Gasteiger partial charge is 0.197 e. The third-order valence-corrected chi connectivity index (χ3v) is 16.2. The van der Waals surface area contributed by atoms with E-state index in [1.165, 1.54) is 0 Å². The molecule has 54 heavy (non-hydrogen) atoms. The summed E-state index contributed by atoms with van der Waals surface area (Å²) in [6.07, 6.45) is -9.78. The summed E-state index contributed by atoms with van der Waals surface area (Å²) in [5.41, 5.74) is -0.330. The zero-order valence-electron chi connectivity index (χ0n) is 31.9. The molecule has 4 saturated heterocycles.